The zero-order valence-electron chi connectivity index (χ0n) is 11.1. The van der Waals surface area contributed by atoms with Gasteiger partial charge in [-0.15, -0.1) is 6.58 Å². The van der Waals surface area contributed by atoms with Crippen LogP contribution in [-0.4, -0.2) is 17.6 Å². The van der Waals surface area contributed by atoms with Gasteiger partial charge in [-0.3, -0.25) is 0 Å². The molecule has 1 heterocycles. The Morgan fingerprint density at radius 2 is 2.22 bits per heavy atom. The minimum absolute atomic E-state index is 0.508. The molecule has 0 bridgehead atoms. The highest BCUT2D eigenvalue weighted by molar-refractivity contribution is 5.83. The number of allylic oxidation sites excluding steroid dienone is 1. The lowest BCUT2D eigenvalue weighted by atomic mass is 10.1. The smallest absolute Gasteiger partial charge is 0.0456 e. The van der Waals surface area contributed by atoms with Crippen LogP contribution in [0.1, 0.15) is 25.3 Å². The Hall–Kier alpha value is -1.54. The zero-order chi connectivity index (χ0) is 12.8. The fourth-order valence-corrected chi connectivity index (χ4v) is 2.30. The minimum atomic E-state index is 0.508. The third-order valence-electron chi connectivity index (χ3n) is 3.28. The normalized spacial score (nSPS) is 12.7. The van der Waals surface area contributed by atoms with Crippen molar-refractivity contribution >= 4 is 10.9 Å². The van der Waals surface area contributed by atoms with Crippen molar-refractivity contribution in [1.29, 1.82) is 0 Å². The number of hydrogen-bond donors (Lipinski definition) is 2. The maximum atomic E-state index is 3.74. The number of hydrogen-bond acceptors (Lipinski definition) is 1. The Morgan fingerprint density at radius 3 is 3.06 bits per heavy atom. The second kappa shape index (κ2) is 6.41. The average Bonchev–Trinajstić information content (AvgIpc) is 2.78. The molecule has 1 atom stereocenters. The molecule has 2 nitrogen and oxygen atoms in total. The second-order valence-corrected chi connectivity index (χ2v) is 4.85. The number of fused-ring (bicyclic) bond motifs is 1. The number of H-pyrrole nitrogens is 1. The van der Waals surface area contributed by atoms with Crippen LogP contribution in [0.15, 0.2) is 43.1 Å². The number of aromatic nitrogens is 1. The molecule has 0 unspecified atom stereocenters. The Bertz CT molecular complexity index is 499. The number of aromatic amines is 1. The lowest BCUT2D eigenvalue weighted by molar-refractivity contribution is 0.537. The predicted molar refractivity (Wildman–Crippen MR) is 78.9 cm³/mol. The van der Waals surface area contributed by atoms with E-state index in [1.807, 2.05) is 6.08 Å². The Labute approximate surface area is 109 Å². The molecule has 2 heteroatoms. The number of rotatable bonds is 7. The van der Waals surface area contributed by atoms with Crippen molar-refractivity contribution in [3.05, 3.63) is 48.7 Å². The predicted octanol–water partition coefficient (Wildman–Crippen LogP) is 3.65. The standard InChI is InChI=1S/C16H22N2/c1-3-4-7-10-17-13(2)11-14-12-18-16-9-6-5-8-15(14)16/h3,5-6,8-9,12-13,17-18H,1,4,7,10-11H2,2H3/t13-/m1/s1. The van der Waals surface area contributed by atoms with Gasteiger partial charge in [0.2, 0.25) is 0 Å². The summed E-state index contributed by atoms with van der Waals surface area (Å²) in [6.45, 7) is 7.05. The molecule has 0 spiro atoms. The number of unbranched alkanes of at least 4 members (excludes halogenated alkanes) is 1. The first-order chi connectivity index (χ1) is 8.81. The van der Waals surface area contributed by atoms with E-state index in [0.29, 0.717) is 6.04 Å². The van der Waals surface area contributed by atoms with Gasteiger partial charge >= 0.3 is 0 Å². The van der Waals surface area contributed by atoms with E-state index in [1.54, 1.807) is 0 Å². The first-order valence-corrected chi connectivity index (χ1v) is 6.70. The fourth-order valence-electron chi connectivity index (χ4n) is 2.30. The molecule has 1 aromatic heterocycles. The lowest BCUT2D eigenvalue weighted by Crippen LogP contribution is -2.28. The van der Waals surface area contributed by atoms with Gasteiger partial charge in [-0.25, -0.2) is 0 Å². The van der Waals surface area contributed by atoms with Crippen LogP contribution in [0, 0.1) is 0 Å². The first kappa shape index (κ1) is 12.9. The summed E-state index contributed by atoms with van der Waals surface area (Å²) in [5.74, 6) is 0. The van der Waals surface area contributed by atoms with Crippen molar-refractivity contribution in [3.63, 3.8) is 0 Å². The number of benzene rings is 1. The van der Waals surface area contributed by atoms with Crippen molar-refractivity contribution in [2.24, 2.45) is 0 Å². The van der Waals surface area contributed by atoms with E-state index in [9.17, 15) is 0 Å². The first-order valence-electron chi connectivity index (χ1n) is 6.70. The molecule has 2 aromatic rings. The van der Waals surface area contributed by atoms with Gasteiger partial charge in [0.15, 0.2) is 0 Å². The SMILES string of the molecule is C=CCCCN[C@H](C)Cc1c[nH]c2ccccc12. The van der Waals surface area contributed by atoms with Gasteiger partial charge in [0.1, 0.15) is 0 Å². The van der Waals surface area contributed by atoms with Crippen molar-refractivity contribution < 1.29 is 0 Å². The summed E-state index contributed by atoms with van der Waals surface area (Å²) in [6, 6.07) is 8.99. The van der Waals surface area contributed by atoms with Crippen LogP contribution in [0.4, 0.5) is 0 Å². The Kier molecular flexibility index (Phi) is 4.59. The third-order valence-corrected chi connectivity index (χ3v) is 3.28. The van der Waals surface area contributed by atoms with Crippen LogP contribution in [0.2, 0.25) is 0 Å². The molecule has 0 amide bonds. The quantitative estimate of drug-likeness (QED) is 0.563. The monoisotopic (exact) mass is 242 g/mol. The molecule has 0 saturated carbocycles. The molecule has 0 fully saturated rings. The largest absolute Gasteiger partial charge is 0.361 e. The summed E-state index contributed by atoms with van der Waals surface area (Å²) < 4.78 is 0. The van der Waals surface area contributed by atoms with Crippen molar-refractivity contribution in [1.82, 2.24) is 10.3 Å². The molecule has 0 saturated heterocycles. The summed E-state index contributed by atoms with van der Waals surface area (Å²) in [4.78, 5) is 3.33. The summed E-state index contributed by atoms with van der Waals surface area (Å²) in [5.41, 5.74) is 2.63. The molecule has 2 rings (SSSR count). The number of para-hydroxylation sites is 1. The molecular formula is C16H22N2. The van der Waals surface area contributed by atoms with Crippen LogP contribution in [-0.2, 0) is 6.42 Å². The molecular weight excluding hydrogens is 220 g/mol. The van der Waals surface area contributed by atoms with E-state index < -0.39 is 0 Å². The third kappa shape index (κ3) is 3.23. The van der Waals surface area contributed by atoms with E-state index in [4.69, 9.17) is 0 Å². The summed E-state index contributed by atoms with van der Waals surface area (Å²) in [7, 11) is 0. The van der Waals surface area contributed by atoms with E-state index in [1.165, 1.54) is 22.9 Å². The second-order valence-electron chi connectivity index (χ2n) is 4.85. The van der Waals surface area contributed by atoms with E-state index >= 15 is 0 Å². The summed E-state index contributed by atoms with van der Waals surface area (Å²) in [6.07, 6.45) is 7.44. The van der Waals surface area contributed by atoms with E-state index in [-0.39, 0.29) is 0 Å². The molecule has 0 aliphatic rings. The Balaban J connectivity index is 1.90. The van der Waals surface area contributed by atoms with Gasteiger partial charge in [0, 0.05) is 23.1 Å². The molecule has 2 N–H and O–H groups in total. The fraction of sp³-hybridized carbons (Fsp3) is 0.375. The van der Waals surface area contributed by atoms with Gasteiger partial charge in [0.05, 0.1) is 0 Å². The van der Waals surface area contributed by atoms with Gasteiger partial charge in [-0.1, -0.05) is 24.3 Å². The van der Waals surface area contributed by atoms with Crippen LogP contribution >= 0.6 is 0 Å². The molecule has 1 aromatic carbocycles. The zero-order valence-corrected chi connectivity index (χ0v) is 11.1. The lowest BCUT2D eigenvalue weighted by Gasteiger charge is -2.12. The molecule has 0 aliphatic carbocycles. The van der Waals surface area contributed by atoms with Gasteiger partial charge < -0.3 is 10.3 Å². The maximum absolute atomic E-state index is 3.74. The number of nitrogens with one attached hydrogen (secondary N) is 2. The van der Waals surface area contributed by atoms with Crippen LogP contribution < -0.4 is 5.32 Å². The maximum Gasteiger partial charge on any atom is 0.0456 e. The highest BCUT2D eigenvalue weighted by atomic mass is 14.9. The van der Waals surface area contributed by atoms with Crippen molar-refractivity contribution in [3.8, 4) is 0 Å². The molecule has 18 heavy (non-hydrogen) atoms. The van der Waals surface area contributed by atoms with Gasteiger partial charge in [0.25, 0.3) is 0 Å². The molecule has 96 valence electrons. The summed E-state index contributed by atoms with van der Waals surface area (Å²) >= 11 is 0. The van der Waals surface area contributed by atoms with Gasteiger partial charge in [-0.05, 0) is 44.4 Å². The van der Waals surface area contributed by atoms with Crippen LogP contribution in [0.3, 0.4) is 0 Å². The van der Waals surface area contributed by atoms with Crippen LogP contribution in [0.25, 0.3) is 10.9 Å². The molecule has 0 radical (unpaired) electrons. The minimum Gasteiger partial charge on any atom is -0.361 e. The molecule has 0 aliphatic heterocycles. The van der Waals surface area contributed by atoms with Crippen LogP contribution in [0.5, 0.6) is 0 Å². The highest BCUT2D eigenvalue weighted by Crippen LogP contribution is 2.18. The average molecular weight is 242 g/mol. The van der Waals surface area contributed by atoms with Gasteiger partial charge in [-0.2, -0.15) is 0 Å². The van der Waals surface area contributed by atoms with E-state index in [2.05, 4.69) is 54.3 Å². The van der Waals surface area contributed by atoms with E-state index in [0.717, 1.165) is 19.4 Å². The summed E-state index contributed by atoms with van der Waals surface area (Å²) in [5, 5.41) is 4.90. The topological polar surface area (TPSA) is 27.8 Å². The highest BCUT2D eigenvalue weighted by Gasteiger charge is 2.07. The Morgan fingerprint density at radius 1 is 1.39 bits per heavy atom. The van der Waals surface area contributed by atoms with Crippen molar-refractivity contribution in [2.45, 2.75) is 32.2 Å². The van der Waals surface area contributed by atoms with Crippen molar-refractivity contribution in [2.75, 3.05) is 6.54 Å².